The second kappa shape index (κ2) is 5.49. The third-order valence-corrected chi connectivity index (χ3v) is 3.68. The van der Waals surface area contributed by atoms with Gasteiger partial charge in [0.2, 0.25) is 0 Å². The number of H-pyrrole nitrogens is 2. The number of aromatic nitrogens is 3. The SMILES string of the molecule is O=C(NCc1ccco1)c1ccc2[nH]c(-c3ccn[nH]3)cc2c1. The molecule has 1 amide bonds. The number of furan rings is 1. The summed E-state index contributed by atoms with van der Waals surface area (Å²) in [6.07, 6.45) is 3.29. The lowest BCUT2D eigenvalue weighted by atomic mass is 10.1. The van der Waals surface area contributed by atoms with Gasteiger partial charge in [-0.2, -0.15) is 5.10 Å². The lowest BCUT2D eigenvalue weighted by molar-refractivity contribution is 0.0948. The van der Waals surface area contributed by atoms with Crippen LogP contribution in [0.4, 0.5) is 0 Å². The molecule has 3 N–H and O–H groups in total. The van der Waals surface area contributed by atoms with Crippen molar-refractivity contribution in [2.24, 2.45) is 0 Å². The monoisotopic (exact) mass is 306 g/mol. The summed E-state index contributed by atoms with van der Waals surface area (Å²) in [5.41, 5.74) is 3.42. The van der Waals surface area contributed by atoms with Crippen molar-refractivity contribution in [2.45, 2.75) is 6.54 Å². The van der Waals surface area contributed by atoms with Crippen molar-refractivity contribution in [3.05, 3.63) is 66.2 Å². The molecular formula is C17H14N4O2. The lowest BCUT2D eigenvalue weighted by Gasteiger charge is -2.03. The average Bonchev–Trinajstić information content (AvgIpc) is 3.32. The van der Waals surface area contributed by atoms with Gasteiger partial charge in [0.1, 0.15) is 5.76 Å². The normalized spacial score (nSPS) is 11.0. The van der Waals surface area contributed by atoms with Gasteiger partial charge in [-0.05, 0) is 42.5 Å². The van der Waals surface area contributed by atoms with Crippen LogP contribution < -0.4 is 5.32 Å². The van der Waals surface area contributed by atoms with E-state index in [1.807, 2.05) is 30.3 Å². The Morgan fingerprint density at radius 1 is 1.17 bits per heavy atom. The predicted molar refractivity (Wildman–Crippen MR) is 85.8 cm³/mol. The van der Waals surface area contributed by atoms with Crippen LogP contribution in [0.15, 0.2) is 59.3 Å². The van der Waals surface area contributed by atoms with Crippen molar-refractivity contribution in [3.63, 3.8) is 0 Å². The maximum Gasteiger partial charge on any atom is 0.251 e. The Morgan fingerprint density at radius 3 is 2.91 bits per heavy atom. The first-order valence-corrected chi connectivity index (χ1v) is 7.23. The zero-order valence-electron chi connectivity index (χ0n) is 12.2. The molecular weight excluding hydrogens is 292 g/mol. The van der Waals surface area contributed by atoms with E-state index in [9.17, 15) is 4.79 Å². The van der Waals surface area contributed by atoms with Gasteiger partial charge < -0.3 is 14.7 Å². The Labute approximate surface area is 131 Å². The minimum atomic E-state index is -0.132. The quantitative estimate of drug-likeness (QED) is 0.541. The molecule has 4 aromatic rings. The number of hydrogen-bond acceptors (Lipinski definition) is 3. The molecule has 0 spiro atoms. The van der Waals surface area contributed by atoms with E-state index < -0.39 is 0 Å². The summed E-state index contributed by atoms with van der Waals surface area (Å²) in [5, 5.41) is 10.7. The van der Waals surface area contributed by atoms with Gasteiger partial charge in [0.25, 0.3) is 5.91 Å². The van der Waals surface area contributed by atoms with E-state index in [4.69, 9.17) is 4.42 Å². The molecule has 6 nitrogen and oxygen atoms in total. The van der Waals surface area contributed by atoms with E-state index in [0.717, 1.165) is 28.1 Å². The highest BCUT2D eigenvalue weighted by atomic mass is 16.3. The summed E-state index contributed by atoms with van der Waals surface area (Å²) in [6, 6.07) is 13.1. The highest BCUT2D eigenvalue weighted by Gasteiger charge is 2.09. The maximum atomic E-state index is 12.2. The molecule has 0 unspecified atom stereocenters. The summed E-state index contributed by atoms with van der Waals surface area (Å²) in [4.78, 5) is 15.5. The highest BCUT2D eigenvalue weighted by Crippen LogP contribution is 2.23. The van der Waals surface area contributed by atoms with E-state index in [2.05, 4.69) is 20.5 Å². The fourth-order valence-electron chi connectivity index (χ4n) is 2.51. The number of aromatic amines is 2. The number of nitrogens with zero attached hydrogens (tertiary/aromatic N) is 1. The van der Waals surface area contributed by atoms with Crippen molar-refractivity contribution in [1.29, 1.82) is 0 Å². The Kier molecular flexibility index (Phi) is 3.20. The second-order valence-corrected chi connectivity index (χ2v) is 5.22. The summed E-state index contributed by atoms with van der Waals surface area (Å²) < 4.78 is 5.21. The number of rotatable bonds is 4. The maximum absolute atomic E-state index is 12.2. The van der Waals surface area contributed by atoms with Crippen molar-refractivity contribution in [3.8, 4) is 11.4 Å². The van der Waals surface area contributed by atoms with Crippen molar-refractivity contribution < 1.29 is 9.21 Å². The van der Waals surface area contributed by atoms with Crippen LogP contribution in [0.25, 0.3) is 22.3 Å². The molecule has 0 atom stereocenters. The van der Waals surface area contributed by atoms with Gasteiger partial charge in [0.15, 0.2) is 0 Å². The molecule has 6 heteroatoms. The number of benzene rings is 1. The number of hydrogen-bond donors (Lipinski definition) is 3. The zero-order chi connectivity index (χ0) is 15.6. The molecule has 23 heavy (non-hydrogen) atoms. The van der Waals surface area contributed by atoms with Gasteiger partial charge in [-0.25, -0.2) is 0 Å². The minimum Gasteiger partial charge on any atom is -0.467 e. The molecule has 0 aliphatic heterocycles. The molecule has 3 aromatic heterocycles. The number of amides is 1. The first-order chi connectivity index (χ1) is 11.3. The summed E-state index contributed by atoms with van der Waals surface area (Å²) in [6.45, 7) is 0.371. The third kappa shape index (κ3) is 2.62. The van der Waals surface area contributed by atoms with Crippen LogP contribution >= 0.6 is 0 Å². The number of carbonyl (C=O) groups excluding carboxylic acids is 1. The first kappa shape index (κ1) is 13.4. The second-order valence-electron chi connectivity index (χ2n) is 5.22. The Bertz CT molecular complexity index is 936. The number of carbonyl (C=O) groups is 1. The summed E-state index contributed by atoms with van der Waals surface area (Å²) in [5.74, 6) is 0.593. The number of nitrogens with one attached hydrogen (secondary N) is 3. The van der Waals surface area contributed by atoms with E-state index in [-0.39, 0.29) is 5.91 Å². The molecule has 0 bridgehead atoms. The largest absolute Gasteiger partial charge is 0.467 e. The fraction of sp³-hybridized carbons (Fsp3) is 0.0588. The van der Waals surface area contributed by atoms with Gasteiger partial charge in [-0.3, -0.25) is 9.89 Å². The van der Waals surface area contributed by atoms with Crippen LogP contribution in [-0.2, 0) is 6.54 Å². The van der Waals surface area contributed by atoms with Crippen LogP contribution in [-0.4, -0.2) is 21.1 Å². The van der Waals surface area contributed by atoms with Gasteiger partial charge in [-0.1, -0.05) is 0 Å². The summed E-state index contributed by atoms with van der Waals surface area (Å²) >= 11 is 0. The average molecular weight is 306 g/mol. The van der Waals surface area contributed by atoms with Crippen LogP contribution in [0, 0.1) is 0 Å². The fourth-order valence-corrected chi connectivity index (χ4v) is 2.51. The van der Waals surface area contributed by atoms with Crippen molar-refractivity contribution in [2.75, 3.05) is 0 Å². The van der Waals surface area contributed by atoms with Crippen LogP contribution in [0.5, 0.6) is 0 Å². The van der Waals surface area contributed by atoms with E-state index >= 15 is 0 Å². The van der Waals surface area contributed by atoms with Crippen LogP contribution in [0.3, 0.4) is 0 Å². The topological polar surface area (TPSA) is 86.7 Å². The molecule has 0 aliphatic rings. The predicted octanol–water partition coefficient (Wildman–Crippen LogP) is 3.08. The van der Waals surface area contributed by atoms with Gasteiger partial charge in [0.05, 0.1) is 24.2 Å². The van der Waals surface area contributed by atoms with Gasteiger partial charge in [-0.15, -0.1) is 0 Å². The van der Waals surface area contributed by atoms with Crippen molar-refractivity contribution >= 4 is 16.8 Å². The smallest absolute Gasteiger partial charge is 0.251 e. The molecule has 114 valence electrons. The molecule has 0 radical (unpaired) electrons. The Morgan fingerprint density at radius 2 is 2.13 bits per heavy atom. The van der Waals surface area contributed by atoms with Crippen LogP contribution in [0.1, 0.15) is 16.1 Å². The van der Waals surface area contributed by atoms with E-state index in [0.29, 0.717) is 12.1 Å². The first-order valence-electron chi connectivity index (χ1n) is 7.23. The van der Waals surface area contributed by atoms with Crippen molar-refractivity contribution in [1.82, 2.24) is 20.5 Å². The molecule has 0 fully saturated rings. The minimum absolute atomic E-state index is 0.132. The zero-order valence-corrected chi connectivity index (χ0v) is 12.2. The number of fused-ring (bicyclic) bond motifs is 1. The molecule has 4 rings (SSSR count). The Balaban J connectivity index is 1.57. The standard InChI is InChI=1S/C17H14N4O2/c22-17(18-10-13-2-1-7-23-13)11-3-4-14-12(8-11)9-16(20-14)15-5-6-19-21-15/h1-9,20H,10H2,(H,18,22)(H,19,21). The summed E-state index contributed by atoms with van der Waals surface area (Å²) in [7, 11) is 0. The third-order valence-electron chi connectivity index (χ3n) is 3.68. The lowest BCUT2D eigenvalue weighted by Crippen LogP contribution is -2.22. The van der Waals surface area contributed by atoms with Crippen LogP contribution in [0.2, 0.25) is 0 Å². The van der Waals surface area contributed by atoms with Gasteiger partial charge in [0, 0.05) is 22.7 Å². The molecule has 1 aromatic carbocycles. The van der Waals surface area contributed by atoms with Gasteiger partial charge >= 0.3 is 0 Å². The highest BCUT2D eigenvalue weighted by molar-refractivity contribution is 5.98. The van der Waals surface area contributed by atoms with E-state index in [1.165, 1.54) is 0 Å². The Hall–Kier alpha value is -3.28. The molecule has 0 saturated heterocycles. The molecule has 3 heterocycles. The molecule has 0 aliphatic carbocycles. The van der Waals surface area contributed by atoms with E-state index in [1.54, 1.807) is 24.6 Å². The molecule has 0 saturated carbocycles.